The van der Waals surface area contributed by atoms with Crippen LogP contribution in [0, 0.1) is 35.2 Å². The number of benzene rings is 3. The smallest absolute Gasteiger partial charge is 0.201 e. The van der Waals surface area contributed by atoms with Crippen LogP contribution < -0.4 is 4.74 Å². The van der Waals surface area contributed by atoms with Crippen molar-refractivity contribution in [2.24, 2.45) is 17.8 Å². The number of rotatable bonds is 14. The van der Waals surface area contributed by atoms with Crippen molar-refractivity contribution in [3.63, 3.8) is 0 Å². The van der Waals surface area contributed by atoms with Crippen LogP contribution in [0.4, 0.5) is 13.2 Å². The second kappa shape index (κ2) is 17.0. The van der Waals surface area contributed by atoms with Gasteiger partial charge in [-0.15, -0.1) is 0 Å². The molecule has 0 aliphatic heterocycles. The van der Waals surface area contributed by atoms with Crippen LogP contribution in [0.3, 0.4) is 0 Å². The molecular weight excluding hydrogens is 577 g/mol. The molecular formula is C42H51F3O. The molecule has 46 heavy (non-hydrogen) atoms. The molecule has 3 aromatic carbocycles. The molecule has 4 heteroatoms. The summed E-state index contributed by atoms with van der Waals surface area (Å²) < 4.78 is 50.9. The first-order valence-corrected chi connectivity index (χ1v) is 17.8. The number of allylic oxidation sites excluding steroid dienone is 4. The third-order valence-electron chi connectivity index (χ3n) is 10.3. The van der Waals surface area contributed by atoms with Crippen LogP contribution in [0.15, 0.2) is 72.8 Å². The Morgan fingerprint density at radius 3 is 2.04 bits per heavy atom. The van der Waals surface area contributed by atoms with Gasteiger partial charge in [-0.1, -0.05) is 100 Å². The van der Waals surface area contributed by atoms with E-state index in [1.165, 1.54) is 57.4 Å². The largest absolute Gasteiger partial charge is 0.490 e. The molecule has 0 spiro atoms. The summed E-state index contributed by atoms with van der Waals surface area (Å²) in [6.07, 6.45) is 23.1. The Hall–Kier alpha value is -3.27. The maximum absolute atomic E-state index is 15.4. The number of unbranched alkanes of at least 4 members (excludes halogenated alkanes) is 6. The van der Waals surface area contributed by atoms with Crippen LogP contribution in [-0.2, 0) is 0 Å². The highest BCUT2D eigenvalue weighted by atomic mass is 19.2. The summed E-state index contributed by atoms with van der Waals surface area (Å²) in [6.45, 7) is 4.69. The van der Waals surface area contributed by atoms with Crippen LogP contribution in [0.1, 0.15) is 109 Å². The van der Waals surface area contributed by atoms with Crippen LogP contribution in [-0.4, -0.2) is 6.61 Å². The molecule has 0 saturated heterocycles. The van der Waals surface area contributed by atoms with E-state index in [-0.39, 0.29) is 17.1 Å². The minimum absolute atomic E-state index is 0.0461. The molecule has 0 bridgehead atoms. The summed E-state index contributed by atoms with van der Waals surface area (Å²) in [4.78, 5) is 0. The molecule has 3 aromatic rings. The number of hydrogen-bond donors (Lipinski definition) is 0. The fourth-order valence-corrected chi connectivity index (χ4v) is 7.51. The Morgan fingerprint density at radius 1 is 0.696 bits per heavy atom. The summed E-state index contributed by atoms with van der Waals surface area (Å²) in [6, 6.07) is 15.7. The van der Waals surface area contributed by atoms with Crippen molar-refractivity contribution in [2.45, 2.75) is 104 Å². The lowest BCUT2D eigenvalue weighted by Gasteiger charge is -2.35. The van der Waals surface area contributed by atoms with Gasteiger partial charge in [0.2, 0.25) is 5.82 Å². The highest BCUT2D eigenvalue weighted by molar-refractivity contribution is 5.74. The topological polar surface area (TPSA) is 9.23 Å². The monoisotopic (exact) mass is 628 g/mol. The third kappa shape index (κ3) is 8.75. The Bertz CT molecular complexity index is 1460. The van der Waals surface area contributed by atoms with E-state index in [0.29, 0.717) is 23.7 Å². The Morgan fingerprint density at radius 2 is 1.37 bits per heavy atom. The molecule has 5 rings (SSSR count). The van der Waals surface area contributed by atoms with Crippen LogP contribution in [0.25, 0.3) is 27.8 Å². The van der Waals surface area contributed by atoms with Crippen molar-refractivity contribution in [2.75, 3.05) is 6.61 Å². The van der Waals surface area contributed by atoms with Crippen molar-refractivity contribution in [1.82, 2.24) is 0 Å². The van der Waals surface area contributed by atoms with Crippen molar-refractivity contribution in [1.29, 1.82) is 0 Å². The lowest BCUT2D eigenvalue weighted by Crippen LogP contribution is -2.22. The zero-order valence-corrected chi connectivity index (χ0v) is 27.8. The molecule has 0 aromatic heterocycles. The number of hydrogen-bond acceptors (Lipinski definition) is 1. The standard InChI is InChI=1S/C42H51F3O/c1-3-5-6-7-8-9-10-28-46-40-27-26-38(41(44)42(40)45)35-22-18-33(19-23-35)36-24-25-37(39(43)29-36)34-20-16-32(17-21-34)31-14-12-30(11-4-2)13-15-31/h4,11,18-20,22-27,29-32H,3,5-10,12-17,21,28H2,1-2H3/b11-4+. The van der Waals surface area contributed by atoms with E-state index in [1.54, 1.807) is 24.3 Å². The second-order valence-corrected chi connectivity index (χ2v) is 13.4. The number of ether oxygens (including phenoxy) is 1. The first-order valence-electron chi connectivity index (χ1n) is 17.8. The van der Waals surface area contributed by atoms with Gasteiger partial charge in [-0.25, -0.2) is 8.78 Å². The van der Waals surface area contributed by atoms with Crippen molar-refractivity contribution < 1.29 is 17.9 Å². The van der Waals surface area contributed by atoms with Gasteiger partial charge in [0.1, 0.15) is 5.82 Å². The zero-order chi connectivity index (χ0) is 32.3. The number of halogens is 3. The average Bonchev–Trinajstić information content (AvgIpc) is 3.08. The molecule has 0 amide bonds. The zero-order valence-electron chi connectivity index (χ0n) is 27.8. The molecule has 246 valence electrons. The predicted molar refractivity (Wildman–Crippen MR) is 186 cm³/mol. The third-order valence-corrected chi connectivity index (χ3v) is 10.3. The molecule has 1 fully saturated rings. The van der Waals surface area contributed by atoms with Gasteiger partial charge >= 0.3 is 0 Å². The van der Waals surface area contributed by atoms with E-state index >= 15 is 8.78 Å². The van der Waals surface area contributed by atoms with Crippen molar-refractivity contribution >= 4 is 5.57 Å². The molecule has 0 N–H and O–H groups in total. The fraction of sp³-hybridized carbons (Fsp3) is 0.476. The maximum Gasteiger partial charge on any atom is 0.201 e. The summed E-state index contributed by atoms with van der Waals surface area (Å²) >= 11 is 0. The second-order valence-electron chi connectivity index (χ2n) is 13.4. The fourth-order valence-electron chi connectivity index (χ4n) is 7.51. The summed E-state index contributed by atoms with van der Waals surface area (Å²) in [5.74, 6) is 0.138. The molecule has 2 aliphatic rings. The highest BCUT2D eigenvalue weighted by Gasteiger charge is 2.28. The highest BCUT2D eigenvalue weighted by Crippen LogP contribution is 2.42. The summed E-state index contributed by atoms with van der Waals surface area (Å²) in [5, 5.41) is 0. The Labute approximate surface area is 275 Å². The minimum atomic E-state index is -0.956. The van der Waals surface area contributed by atoms with Crippen LogP contribution in [0.2, 0.25) is 0 Å². The molecule has 2 aliphatic carbocycles. The molecule has 0 heterocycles. The van der Waals surface area contributed by atoms with E-state index in [0.717, 1.165) is 67.1 Å². The van der Waals surface area contributed by atoms with Gasteiger partial charge in [-0.2, -0.15) is 4.39 Å². The van der Waals surface area contributed by atoms with Gasteiger partial charge < -0.3 is 4.74 Å². The van der Waals surface area contributed by atoms with Crippen molar-refractivity contribution in [3.8, 4) is 28.0 Å². The first kappa shape index (κ1) is 34.1. The molecule has 0 radical (unpaired) electrons. The maximum atomic E-state index is 15.4. The van der Waals surface area contributed by atoms with E-state index in [4.69, 9.17) is 4.74 Å². The first-order chi connectivity index (χ1) is 22.5. The van der Waals surface area contributed by atoms with Crippen LogP contribution >= 0.6 is 0 Å². The Balaban J connectivity index is 1.16. The molecule has 1 atom stereocenters. The van der Waals surface area contributed by atoms with E-state index in [9.17, 15) is 4.39 Å². The van der Waals surface area contributed by atoms with Gasteiger partial charge in [0.25, 0.3) is 0 Å². The van der Waals surface area contributed by atoms with Gasteiger partial charge in [0.05, 0.1) is 6.61 Å². The van der Waals surface area contributed by atoms with Crippen molar-refractivity contribution in [3.05, 3.63) is 95.8 Å². The summed E-state index contributed by atoms with van der Waals surface area (Å²) in [5.41, 5.74) is 4.15. The average molecular weight is 629 g/mol. The normalized spacial score (nSPS) is 20.2. The SMILES string of the molecule is C/C=C/C1CCC(C2CC=C(c3ccc(-c4ccc(-c5ccc(OCCCCCCCCC)c(F)c5F)cc4)cc3F)CC2)CC1. The van der Waals surface area contributed by atoms with Gasteiger partial charge in [0.15, 0.2) is 11.6 Å². The van der Waals surface area contributed by atoms with Crippen LogP contribution in [0.5, 0.6) is 5.75 Å². The van der Waals surface area contributed by atoms with E-state index in [2.05, 4.69) is 32.1 Å². The van der Waals surface area contributed by atoms with Gasteiger partial charge in [0, 0.05) is 11.1 Å². The molecule has 1 saturated carbocycles. The summed E-state index contributed by atoms with van der Waals surface area (Å²) in [7, 11) is 0. The lowest BCUT2D eigenvalue weighted by atomic mass is 9.71. The lowest BCUT2D eigenvalue weighted by molar-refractivity contribution is 0.212. The minimum Gasteiger partial charge on any atom is -0.490 e. The molecule has 1 unspecified atom stereocenters. The van der Waals surface area contributed by atoms with Gasteiger partial charge in [-0.05, 0) is 117 Å². The van der Waals surface area contributed by atoms with Gasteiger partial charge in [-0.3, -0.25) is 0 Å². The quantitative estimate of drug-likeness (QED) is 0.127. The molecule has 1 nitrogen and oxygen atoms in total. The predicted octanol–water partition coefficient (Wildman–Crippen LogP) is 13.1. The Kier molecular flexibility index (Phi) is 12.6. The van der Waals surface area contributed by atoms with E-state index in [1.807, 2.05) is 24.3 Å². The van der Waals surface area contributed by atoms with E-state index < -0.39 is 11.6 Å².